The van der Waals surface area contributed by atoms with Crippen molar-refractivity contribution in [3.63, 3.8) is 0 Å². The van der Waals surface area contributed by atoms with Gasteiger partial charge < -0.3 is 15.4 Å². The molecule has 0 spiro atoms. The molecule has 3 aromatic rings. The van der Waals surface area contributed by atoms with E-state index in [1.807, 2.05) is 34.9 Å². The molecule has 8 heteroatoms. The molecule has 0 aliphatic carbocycles. The van der Waals surface area contributed by atoms with E-state index < -0.39 is 0 Å². The lowest BCUT2D eigenvalue weighted by Gasteiger charge is -2.31. The second kappa shape index (κ2) is 9.23. The maximum absolute atomic E-state index is 13.6. The van der Waals surface area contributed by atoms with Crippen LogP contribution in [0.5, 0.6) is 6.01 Å². The topological polar surface area (TPSA) is 91.2 Å². The van der Waals surface area contributed by atoms with Crippen molar-refractivity contribution < 1.29 is 4.74 Å². The third-order valence-corrected chi connectivity index (χ3v) is 5.61. The molecule has 1 aromatic carbocycles. The first kappa shape index (κ1) is 20.9. The fourth-order valence-corrected chi connectivity index (χ4v) is 4.06. The number of methoxy groups -OCH3 is 1. The molecule has 3 heterocycles. The van der Waals surface area contributed by atoms with Crippen molar-refractivity contribution in [2.24, 2.45) is 5.73 Å². The van der Waals surface area contributed by atoms with Gasteiger partial charge in [-0.3, -0.25) is 13.9 Å². The number of aryl methyl sites for hydroxylation is 1. The highest BCUT2D eigenvalue weighted by atomic mass is 16.5. The van der Waals surface area contributed by atoms with Crippen LogP contribution in [0.15, 0.2) is 35.1 Å². The number of hydrogen-bond acceptors (Lipinski definition) is 6. The molecule has 4 rings (SSSR count). The number of nitrogens with zero attached hydrogens (tertiary/aromatic N) is 5. The van der Waals surface area contributed by atoms with Crippen LogP contribution in [0.3, 0.4) is 0 Å². The molecule has 0 bridgehead atoms. The van der Waals surface area contributed by atoms with Crippen LogP contribution in [-0.4, -0.2) is 45.3 Å². The van der Waals surface area contributed by atoms with Crippen LogP contribution < -0.4 is 20.9 Å². The molecule has 1 saturated heterocycles. The quantitative estimate of drug-likeness (QED) is 0.612. The van der Waals surface area contributed by atoms with E-state index in [1.165, 1.54) is 7.11 Å². The van der Waals surface area contributed by atoms with E-state index in [4.69, 9.17) is 15.5 Å². The Morgan fingerprint density at radius 1 is 1.23 bits per heavy atom. The minimum absolute atomic E-state index is 0.0873. The average molecular weight is 421 g/mol. The summed E-state index contributed by atoms with van der Waals surface area (Å²) in [6.07, 6.45) is 2.67. The van der Waals surface area contributed by atoms with Gasteiger partial charge in [-0.2, -0.15) is 9.97 Å². The molecule has 1 atom stereocenters. The standard InChI is InChI=1S/C23H28N6O2/c1-3-4-14-28-19-20(25-22(28)27-13-8-11-18(24)16-27)26-23(31-2)29(21(19)30)15-12-17-9-6-5-7-10-17/h5-7,9-10,18H,8,11-16,24H2,1-2H3. The van der Waals surface area contributed by atoms with Gasteiger partial charge in [-0.05, 0) is 31.7 Å². The first-order valence-electron chi connectivity index (χ1n) is 10.6. The van der Waals surface area contributed by atoms with Gasteiger partial charge in [-0.25, -0.2) is 0 Å². The van der Waals surface area contributed by atoms with Gasteiger partial charge in [0.2, 0.25) is 5.95 Å². The Labute approximate surface area is 181 Å². The number of rotatable bonds is 6. The first-order valence-corrected chi connectivity index (χ1v) is 10.6. The molecule has 1 aliphatic rings. The lowest BCUT2D eigenvalue weighted by molar-refractivity contribution is 0.348. The molecule has 0 radical (unpaired) electrons. The Hall–Kier alpha value is -3.31. The van der Waals surface area contributed by atoms with Gasteiger partial charge in [-0.15, -0.1) is 5.92 Å². The number of anilines is 1. The third kappa shape index (κ3) is 4.28. The van der Waals surface area contributed by atoms with Crippen molar-refractivity contribution in [1.82, 2.24) is 19.1 Å². The van der Waals surface area contributed by atoms with Crippen LogP contribution in [0.25, 0.3) is 11.2 Å². The molecule has 1 aliphatic heterocycles. The predicted molar refractivity (Wildman–Crippen MR) is 121 cm³/mol. The van der Waals surface area contributed by atoms with Crippen molar-refractivity contribution >= 4 is 17.1 Å². The van der Waals surface area contributed by atoms with Gasteiger partial charge in [0.1, 0.15) is 0 Å². The number of imidazole rings is 1. The average Bonchev–Trinajstić information content (AvgIpc) is 3.16. The largest absolute Gasteiger partial charge is 0.468 e. The molecule has 0 saturated carbocycles. The second-order valence-corrected chi connectivity index (χ2v) is 7.74. The smallest absolute Gasteiger partial charge is 0.301 e. The molecular formula is C23H28N6O2. The molecule has 8 nitrogen and oxygen atoms in total. The van der Waals surface area contributed by atoms with Gasteiger partial charge in [-0.1, -0.05) is 36.3 Å². The normalized spacial score (nSPS) is 16.2. The summed E-state index contributed by atoms with van der Waals surface area (Å²) in [5.74, 6) is 6.69. The minimum Gasteiger partial charge on any atom is -0.468 e. The highest BCUT2D eigenvalue weighted by molar-refractivity contribution is 5.75. The van der Waals surface area contributed by atoms with Gasteiger partial charge in [0.05, 0.1) is 13.7 Å². The van der Waals surface area contributed by atoms with Crippen LogP contribution in [0.1, 0.15) is 25.3 Å². The minimum atomic E-state index is -0.171. The van der Waals surface area contributed by atoms with E-state index in [1.54, 1.807) is 11.5 Å². The Morgan fingerprint density at radius 3 is 2.74 bits per heavy atom. The zero-order valence-corrected chi connectivity index (χ0v) is 18.0. The van der Waals surface area contributed by atoms with Crippen molar-refractivity contribution in [3.8, 4) is 17.9 Å². The van der Waals surface area contributed by atoms with E-state index in [0.29, 0.717) is 43.2 Å². The lowest BCUT2D eigenvalue weighted by atomic mass is 10.1. The van der Waals surface area contributed by atoms with Crippen LogP contribution >= 0.6 is 0 Å². The van der Waals surface area contributed by atoms with Crippen LogP contribution in [0, 0.1) is 11.8 Å². The van der Waals surface area contributed by atoms with Gasteiger partial charge in [0, 0.05) is 25.7 Å². The molecule has 162 valence electrons. The van der Waals surface area contributed by atoms with E-state index in [0.717, 1.165) is 24.9 Å². The Balaban J connectivity index is 1.81. The molecule has 0 amide bonds. The fourth-order valence-electron chi connectivity index (χ4n) is 4.06. The van der Waals surface area contributed by atoms with Gasteiger partial charge in [0.25, 0.3) is 5.56 Å². The van der Waals surface area contributed by atoms with Gasteiger partial charge >= 0.3 is 6.01 Å². The zero-order valence-electron chi connectivity index (χ0n) is 18.0. The molecule has 2 aromatic heterocycles. The van der Waals surface area contributed by atoms with E-state index in [2.05, 4.69) is 21.7 Å². The number of fused-ring (bicyclic) bond motifs is 1. The summed E-state index contributed by atoms with van der Waals surface area (Å²) < 4.78 is 8.91. The summed E-state index contributed by atoms with van der Waals surface area (Å²) in [4.78, 5) is 25.0. The van der Waals surface area contributed by atoms with Crippen molar-refractivity contribution in [2.75, 3.05) is 25.1 Å². The highest BCUT2D eigenvalue weighted by Gasteiger charge is 2.25. The fraction of sp³-hybridized carbons (Fsp3) is 0.435. The zero-order chi connectivity index (χ0) is 21.8. The SMILES string of the molecule is CC#CCn1c(N2CCCC(N)C2)nc2nc(OC)n(CCc3ccccc3)c(=O)c21. The first-order chi connectivity index (χ1) is 15.1. The molecule has 31 heavy (non-hydrogen) atoms. The number of nitrogens with two attached hydrogens (primary N) is 1. The summed E-state index contributed by atoms with van der Waals surface area (Å²) >= 11 is 0. The summed E-state index contributed by atoms with van der Waals surface area (Å²) in [7, 11) is 1.52. The number of ether oxygens (including phenoxy) is 1. The summed E-state index contributed by atoms with van der Waals surface area (Å²) in [6, 6.07) is 10.4. The van der Waals surface area contributed by atoms with Crippen LogP contribution in [0.4, 0.5) is 5.95 Å². The summed E-state index contributed by atoms with van der Waals surface area (Å²) in [6.45, 7) is 4.16. The number of benzene rings is 1. The summed E-state index contributed by atoms with van der Waals surface area (Å²) in [5.41, 5.74) is 8.00. The summed E-state index contributed by atoms with van der Waals surface area (Å²) in [5, 5.41) is 0. The van der Waals surface area contributed by atoms with E-state index in [-0.39, 0.29) is 17.6 Å². The van der Waals surface area contributed by atoms with Crippen molar-refractivity contribution in [2.45, 2.75) is 45.3 Å². The van der Waals surface area contributed by atoms with Crippen molar-refractivity contribution in [1.29, 1.82) is 0 Å². The second-order valence-electron chi connectivity index (χ2n) is 7.74. The predicted octanol–water partition coefficient (Wildman–Crippen LogP) is 1.80. The number of piperidine rings is 1. The van der Waals surface area contributed by atoms with E-state index >= 15 is 0 Å². The molecule has 2 N–H and O–H groups in total. The highest BCUT2D eigenvalue weighted by Crippen LogP contribution is 2.24. The monoisotopic (exact) mass is 420 g/mol. The number of hydrogen-bond donors (Lipinski definition) is 1. The lowest BCUT2D eigenvalue weighted by Crippen LogP contribution is -2.44. The Morgan fingerprint density at radius 2 is 2.03 bits per heavy atom. The van der Waals surface area contributed by atoms with Crippen LogP contribution in [0.2, 0.25) is 0 Å². The van der Waals surface area contributed by atoms with Gasteiger partial charge in [0.15, 0.2) is 11.2 Å². The number of aromatic nitrogens is 4. The maximum atomic E-state index is 13.6. The molecule has 1 unspecified atom stereocenters. The molecular weight excluding hydrogens is 392 g/mol. The molecule has 1 fully saturated rings. The van der Waals surface area contributed by atoms with Crippen LogP contribution in [-0.2, 0) is 19.5 Å². The van der Waals surface area contributed by atoms with E-state index in [9.17, 15) is 4.79 Å². The van der Waals surface area contributed by atoms with Crippen molar-refractivity contribution in [3.05, 3.63) is 46.2 Å². The maximum Gasteiger partial charge on any atom is 0.301 e. The Bertz CT molecular complexity index is 1170. The third-order valence-electron chi connectivity index (χ3n) is 5.61. The Kier molecular flexibility index (Phi) is 6.23.